The van der Waals surface area contributed by atoms with Gasteiger partial charge >= 0.3 is 0 Å². The quantitative estimate of drug-likeness (QED) is 0.470. The standard InChI is InChI=1S/C22H18N6O/c1-14-7-8-18-19(9-14)28-16(11-24-26-28)10-20-21(23-13-27(18)20)22-25-17(12-29-22)15-5-3-2-4-6-15/h2-9,11,13,17H,10,12H2,1H3/t17-/m1/s1. The van der Waals surface area contributed by atoms with Crippen molar-refractivity contribution in [2.75, 3.05) is 6.61 Å². The highest BCUT2D eigenvalue weighted by atomic mass is 16.5. The molecule has 1 atom stereocenters. The Labute approximate surface area is 167 Å². The van der Waals surface area contributed by atoms with E-state index in [9.17, 15) is 0 Å². The molecular weight excluding hydrogens is 364 g/mol. The van der Waals surface area contributed by atoms with E-state index in [1.165, 1.54) is 5.56 Å². The Hall–Kier alpha value is -3.74. The molecule has 0 fully saturated rings. The van der Waals surface area contributed by atoms with Crippen molar-refractivity contribution in [3.8, 4) is 11.4 Å². The summed E-state index contributed by atoms with van der Waals surface area (Å²) in [6.45, 7) is 2.60. The minimum Gasteiger partial charge on any atom is -0.474 e. The normalized spacial score (nSPS) is 17.0. The van der Waals surface area contributed by atoms with Gasteiger partial charge in [-0.2, -0.15) is 0 Å². The molecule has 29 heavy (non-hydrogen) atoms. The van der Waals surface area contributed by atoms with Crippen LogP contribution in [0.5, 0.6) is 0 Å². The number of benzene rings is 2. The summed E-state index contributed by atoms with van der Waals surface area (Å²) < 4.78 is 10.0. The number of aromatic nitrogens is 5. The highest BCUT2D eigenvalue weighted by Gasteiger charge is 2.29. The molecule has 2 aromatic heterocycles. The first-order valence-electron chi connectivity index (χ1n) is 9.61. The Morgan fingerprint density at radius 2 is 1.97 bits per heavy atom. The molecule has 0 N–H and O–H groups in total. The lowest BCUT2D eigenvalue weighted by molar-refractivity contribution is 0.319. The predicted molar refractivity (Wildman–Crippen MR) is 108 cm³/mol. The van der Waals surface area contributed by atoms with Crippen LogP contribution >= 0.6 is 0 Å². The van der Waals surface area contributed by atoms with Gasteiger partial charge in [0.15, 0.2) is 0 Å². The number of hydrogen-bond acceptors (Lipinski definition) is 5. The molecule has 0 saturated heterocycles. The van der Waals surface area contributed by atoms with Crippen LogP contribution in [-0.4, -0.2) is 37.0 Å². The highest BCUT2D eigenvalue weighted by molar-refractivity contribution is 5.95. The summed E-state index contributed by atoms with van der Waals surface area (Å²) in [5.74, 6) is 0.599. The van der Waals surface area contributed by atoms with Crippen LogP contribution in [0.25, 0.3) is 11.4 Å². The van der Waals surface area contributed by atoms with Crippen LogP contribution in [0.3, 0.4) is 0 Å². The lowest BCUT2D eigenvalue weighted by Crippen LogP contribution is -2.08. The lowest BCUT2D eigenvalue weighted by Gasteiger charge is -2.10. The van der Waals surface area contributed by atoms with Crippen LogP contribution in [0.15, 0.2) is 66.0 Å². The molecule has 0 amide bonds. The zero-order valence-electron chi connectivity index (χ0n) is 15.9. The molecule has 0 bridgehead atoms. The zero-order chi connectivity index (χ0) is 19.4. The molecule has 7 heteroatoms. The third-order valence-electron chi connectivity index (χ3n) is 5.49. The smallest absolute Gasteiger partial charge is 0.238 e. The summed E-state index contributed by atoms with van der Waals surface area (Å²) >= 11 is 0. The maximum Gasteiger partial charge on any atom is 0.238 e. The molecule has 0 radical (unpaired) electrons. The second-order valence-electron chi connectivity index (χ2n) is 7.39. The van der Waals surface area contributed by atoms with Crippen molar-refractivity contribution in [3.05, 3.63) is 89.3 Å². The van der Waals surface area contributed by atoms with E-state index in [2.05, 4.69) is 57.1 Å². The lowest BCUT2D eigenvalue weighted by atomic mass is 10.1. The van der Waals surface area contributed by atoms with Crippen LogP contribution in [0, 0.1) is 6.92 Å². The molecule has 0 aliphatic carbocycles. The fraction of sp³-hybridized carbons (Fsp3) is 0.182. The van der Waals surface area contributed by atoms with Gasteiger partial charge in [0.2, 0.25) is 5.90 Å². The van der Waals surface area contributed by atoms with Gasteiger partial charge in [-0.1, -0.05) is 41.6 Å². The fourth-order valence-corrected chi connectivity index (χ4v) is 4.04. The number of hydrogen-bond donors (Lipinski definition) is 0. The van der Waals surface area contributed by atoms with Crippen LogP contribution in [0.1, 0.15) is 34.3 Å². The van der Waals surface area contributed by atoms with Crippen molar-refractivity contribution in [2.24, 2.45) is 4.99 Å². The Bertz CT molecular complexity index is 1250. The van der Waals surface area contributed by atoms with E-state index in [-0.39, 0.29) is 6.04 Å². The third kappa shape index (κ3) is 2.51. The first-order valence-corrected chi connectivity index (χ1v) is 9.61. The van der Waals surface area contributed by atoms with E-state index >= 15 is 0 Å². The first kappa shape index (κ1) is 16.2. The first-order chi connectivity index (χ1) is 14.3. The number of fused-ring (bicyclic) bond motifs is 5. The number of nitrogens with zero attached hydrogens (tertiary/aromatic N) is 6. The molecule has 2 aliphatic rings. The number of imidazole rings is 1. The molecule has 2 aliphatic heterocycles. The average molecular weight is 382 g/mol. The second kappa shape index (κ2) is 6.13. The van der Waals surface area contributed by atoms with Crippen molar-refractivity contribution in [2.45, 2.75) is 19.4 Å². The van der Waals surface area contributed by atoms with Gasteiger partial charge in [0, 0.05) is 6.42 Å². The molecule has 142 valence electrons. The van der Waals surface area contributed by atoms with E-state index in [4.69, 9.17) is 9.73 Å². The maximum atomic E-state index is 5.98. The molecule has 4 aromatic rings. The van der Waals surface area contributed by atoms with E-state index < -0.39 is 0 Å². The monoisotopic (exact) mass is 382 g/mol. The third-order valence-corrected chi connectivity index (χ3v) is 5.49. The molecule has 2 aromatic carbocycles. The summed E-state index contributed by atoms with van der Waals surface area (Å²) in [4.78, 5) is 9.52. The largest absolute Gasteiger partial charge is 0.474 e. The second-order valence-corrected chi connectivity index (χ2v) is 7.39. The Kier molecular flexibility index (Phi) is 3.43. The van der Waals surface area contributed by atoms with Gasteiger partial charge < -0.3 is 4.74 Å². The number of ether oxygens (including phenoxy) is 1. The predicted octanol–water partition coefficient (Wildman–Crippen LogP) is 3.18. The van der Waals surface area contributed by atoms with Crippen LogP contribution < -0.4 is 0 Å². The molecular formula is C22H18N6O. The molecule has 0 unspecified atom stereocenters. The van der Waals surface area contributed by atoms with Gasteiger partial charge in [0.25, 0.3) is 0 Å². The van der Waals surface area contributed by atoms with E-state index in [1.807, 2.05) is 35.4 Å². The van der Waals surface area contributed by atoms with Crippen molar-refractivity contribution >= 4 is 5.90 Å². The Balaban J connectivity index is 1.48. The Morgan fingerprint density at radius 1 is 1.07 bits per heavy atom. The number of rotatable bonds is 2. The van der Waals surface area contributed by atoms with Crippen molar-refractivity contribution in [1.29, 1.82) is 0 Å². The van der Waals surface area contributed by atoms with E-state index in [0.717, 1.165) is 34.0 Å². The molecule has 6 rings (SSSR count). The average Bonchev–Trinajstić information content (AvgIpc) is 3.48. The summed E-state index contributed by atoms with van der Waals surface area (Å²) in [7, 11) is 0. The van der Waals surface area contributed by atoms with Crippen molar-refractivity contribution in [1.82, 2.24) is 24.5 Å². The summed E-state index contributed by atoms with van der Waals surface area (Å²) in [5, 5.41) is 8.44. The SMILES string of the molecule is Cc1ccc2c(c1)-n1nncc1Cc1c(C3=N[C@@H](c4ccccc4)CO3)ncn1-2. The molecule has 4 heterocycles. The van der Waals surface area contributed by atoms with Gasteiger partial charge in [-0.3, -0.25) is 4.57 Å². The van der Waals surface area contributed by atoms with Gasteiger partial charge in [-0.05, 0) is 30.2 Å². The summed E-state index contributed by atoms with van der Waals surface area (Å²) in [5.41, 5.74) is 7.16. The summed E-state index contributed by atoms with van der Waals surface area (Å²) in [6, 6.07) is 16.5. The highest BCUT2D eigenvalue weighted by Crippen LogP contribution is 2.31. The topological polar surface area (TPSA) is 70.1 Å². The molecule has 0 saturated carbocycles. The van der Waals surface area contributed by atoms with Crippen molar-refractivity contribution < 1.29 is 4.74 Å². The molecule has 7 nitrogen and oxygen atoms in total. The van der Waals surface area contributed by atoms with Gasteiger partial charge in [0.05, 0.1) is 29.0 Å². The summed E-state index contributed by atoms with van der Waals surface area (Å²) in [6.07, 6.45) is 4.30. The van der Waals surface area contributed by atoms with Crippen LogP contribution in [-0.2, 0) is 11.2 Å². The van der Waals surface area contributed by atoms with Gasteiger partial charge in [0.1, 0.15) is 24.7 Å². The van der Waals surface area contributed by atoms with Crippen molar-refractivity contribution in [3.63, 3.8) is 0 Å². The molecule has 0 spiro atoms. The van der Waals surface area contributed by atoms with Gasteiger partial charge in [-0.25, -0.2) is 14.7 Å². The van der Waals surface area contributed by atoms with E-state index in [1.54, 1.807) is 0 Å². The van der Waals surface area contributed by atoms with Crippen LogP contribution in [0.2, 0.25) is 0 Å². The number of aliphatic imine (C=N–C) groups is 1. The van der Waals surface area contributed by atoms with Gasteiger partial charge in [-0.15, -0.1) is 5.10 Å². The van der Waals surface area contributed by atoms with Crippen LogP contribution in [0.4, 0.5) is 0 Å². The maximum absolute atomic E-state index is 5.98. The minimum absolute atomic E-state index is 0.00328. The number of aryl methyl sites for hydroxylation is 1. The zero-order valence-corrected chi connectivity index (χ0v) is 15.9. The Morgan fingerprint density at radius 3 is 2.86 bits per heavy atom. The minimum atomic E-state index is -0.00328. The fourth-order valence-electron chi connectivity index (χ4n) is 4.04. The van der Waals surface area contributed by atoms with E-state index in [0.29, 0.717) is 18.9 Å².